The second-order valence-electron chi connectivity index (χ2n) is 4.48. The van der Waals surface area contributed by atoms with Crippen LogP contribution in [0.25, 0.3) is 0 Å². The van der Waals surface area contributed by atoms with Crippen molar-refractivity contribution in [1.82, 2.24) is 0 Å². The van der Waals surface area contributed by atoms with Crippen LogP contribution in [0.4, 0.5) is 0 Å². The molecule has 0 N–H and O–H groups in total. The minimum atomic E-state index is -0.964. The SMILES string of the molecule is CCCC/C(=C/C1CCCCC1)C(=O)[O-]. The number of hydrogen-bond donors (Lipinski definition) is 0. The smallest absolute Gasteiger partial charge is 0.0671 e. The van der Waals surface area contributed by atoms with Crippen LogP contribution in [0.15, 0.2) is 11.6 Å². The summed E-state index contributed by atoms with van der Waals surface area (Å²) in [5.41, 5.74) is 0.531. The van der Waals surface area contributed by atoms with Crippen LogP contribution in [0.5, 0.6) is 0 Å². The van der Waals surface area contributed by atoms with Crippen molar-refractivity contribution in [2.45, 2.75) is 58.3 Å². The van der Waals surface area contributed by atoms with E-state index in [0.29, 0.717) is 17.9 Å². The van der Waals surface area contributed by atoms with E-state index in [9.17, 15) is 9.90 Å². The fraction of sp³-hybridized carbons (Fsp3) is 0.769. The zero-order valence-electron chi connectivity index (χ0n) is 9.63. The zero-order valence-corrected chi connectivity index (χ0v) is 9.63. The summed E-state index contributed by atoms with van der Waals surface area (Å²) in [4.78, 5) is 10.9. The second-order valence-corrected chi connectivity index (χ2v) is 4.48. The number of rotatable bonds is 5. The molecule has 1 fully saturated rings. The Morgan fingerprint density at radius 1 is 1.33 bits per heavy atom. The van der Waals surface area contributed by atoms with Crippen LogP contribution in [0.3, 0.4) is 0 Å². The standard InChI is InChI=1S/C13H22O2/c1-2-3-9-12(13(14)15)10-11-7-5-4-6-8-11/h10-11H,2-9H2,1H3,(H,14,15)/p-1/b12-10-. The molecule has 0 radical (unpaired) electrons. The minimum Gasteiger partial charge on any atom is -0.545 e. The van der Waals surface area contributed by atoms with Gasteiger partial charge in [-0.3, -0.25) is 0 Å². The predicted molar refractivity (Wildman–Crippen MR) is 59.2 cm³/mol. The zero-order chi connectivity index (χ0) is 11.1. The molecule has 0 aromatic carbocycles. The lowest BCUT2D eigenvalue weighted by Gasteiger charge is -2.20. The molecule has 0 aliphatic heterocycles. The van der Waals surface area contributed by atoms with Crippen molar-refractivity contribution in [2.75, 3.05) is 0 Å². The van der Waals surface area contributed by atoms with Crippen LogP contribution < -0.4 is 5.11 Å². The van der Waals surface area contributed by atoms with E-state index in [4.69, 9.17) is 0 Å². The topological polar surface area (TPSA) is 40.1 Å². The predicted octanol–water partition coefficient (Wildman–Crippen LogP) is 2.43. The van der Waals surface area contributed by atoms with E-state index in [0.717, 1.165) is 25.7 Å². The lowest BCUT2D eigenvalue weighted by molar-refractivity contribution is -0.299. The molecule has 1 aliphatic carbocycles. The molecule has 0 aromatic rings. The van der Waals surface area contributed by atoms with Gasteiger partial charge in [0.2, 0.25) is 0 Å². The number of carboxylic acid groups (broad SMARTS) is 1. The third kappa shape index (κ3) is 4.50. The summed E-state index contributed by atoms with van der Waals surface area (Å²) in [6, 6.07) is 0. The molecule has 0 amide bonds. The number of carbonyl (C=O) groups is 1. The lowest BCUT2D eigenvalue weighted by atomic mass is 9.87. The van der Waals surface area contributed by atoms with Crippen LogP contribution in [0, 0.1) is 5.92 Å². The second kappa shape index (κ2) is 6.65. The summed E-state index contributed by atoms with van der Waals surface area (Å²) >= 11 is 0. The minimum absolute atomic E-state index is 0.489. The first-order valence-electron chi connectivity index (χ1n) is 6.16. The largest absolute Gasteiger partial charge is 0.545 e. The van der Waals surface area contributed by atoms with Crippen molar-refractivity contribution in [2.24, 2.45) is 5.92 Å². The fourth-order valence-corrected chi connectivity index (χ4v) is 2.21. The van der Waals surface area contributed by atoms with E-state index in [2.05, 4.69) is 6.92 Å². The Labute approximate surface area is 92.4 Å². The molecule has 1 aliphatic rings. The molecule has 86 valence electrons. The Bertz CT molecular complexity index is 225. The van der Waals surface area contributed by atoms with Gasteiger partial charge in [0.25, 0.3) is 0 Å². The van der Waals surface area contributed by atoms with Gasteiger partial charge in [-0.15, -0.1) is 0 Å². The number of hydrogen-bond acceptors (Lipinski definition) is 2. The van der Waals surface area contributed by atoms with Crippen LogP contribution in [0.2, 0.25) is 0 Å². The summed E-state index contributed by atoms with van der Waals surface area (Å²) in [6.07, 6.45) is 10.7. The Hall–Kier alpha value is -0.790. The molecule has 1 rings (SSSR count). The van der Waals surface area contributed by atoms with E-state index in [1.54, 1.807) is 0 Å². The lowest BCUT2D eigenvalue weighted by Crippen LogP contribution is -2.25. The van der Waals surface area contributed by atoms with Crippen molar-refractivity contribution in [3.05, 3.63) is 11.6 Å². The molecular formula is C13H21O2-. The van der Waals surface area contributed by atoms with Gasteiger partial charge < -0.3 is 9.90 Å². The van der Waals surface area contributed by atoms with Gasteiger partial charge in [-0.25, -0.2) is 0 Å². The average Bonchev–Trinajstić information content (AvgIpc) is 2.25. The number of carbonyl (C=O) groups excluding carboxylic acids is 1. The Morgan fingerprint density at radius 3 is 2.53 bits per heavy atom. The maximum atomic E-state index is 10.9. The fourth-order valence-electron chi connectivity index (χ4n) is 2.21. The van der Waals surface area contributed by atoms with Gasteiger partial charge in [-0.1, -0.05) is 38.7 Å². The number of unbranched alkanes of at least 4 members (excludes halogenated alkanes) is 1. The van der Waals surface area contributed by atoms with E-state index in [1.807, 2.05) is 6.08 Å². The van der Waals surface area contributed by atoms with Gasteiger partial charge in [0.15, 0.2) is 0 Å². The van der Waals surface area contributed by atoms with Gasteiger partial charge >= 0.3 is 0 Å². The summed E-state index contributed by atoms with van der Waals surface area (Å²) in [7, 11) is 0. The monoisotopic (exact) mass is 209 g/mol. The van der Waals surface area contributed by atoms with Gasteiger partial charge in [0.05, 0.1) is 5.97 Å². The van der Waals surface area contributed by atoms with Crippen LogP contribution in [-0.4, -0.2) is 5.97 Å². The summed E-state index contributed by atoms with van der Waals surface area (Å²) in [6.45, 7) is 2.08. The normalized spacial score (nSPS) is 19.1. The Balaban J connectivity index is 2.52. The van der Waals surface area contributed by atoms with E-state index >= 15 is 0 Å². The summed E-state index contributed by atoms with van der Waals surface area (Å²) in [5.74, 6) is -0.475. The quantitative estimate of drug-likeness (QED) is 0.652. The van der Waals surface area contributed by atoms with Gasteiger partial charge in [-0.05, 0) is 37.2 Å². The average molecular weight is 209 g/mol. The molecule has 0 atom stereocenters. The molecule has 0 spiro atoms. The summed E-state index contributed by atoms with van der Waals surface area (Å²) < 4.78 is 0. The van der Waals surface area contributed by atoms with Crippen LogP contribution in [0.1, 0.15) is 58.3 Å². The van der Waals surface area contributed by atoms with E-state index < -0.39 is 5.97 Å². The molecule has 0 heterocycles. The molecule has 15 heavy (non-hydrogen) atoms. The van der Waals surface area contributed by atoms with Gasteiger partial charge in [0.1, 0.15) is 0 Å². The van der Waals surface area contributed by atoms with Gasteiger partial charge in [0, 0.05) is 0 Å². The third-order valence-corrected chi connectivity index (χ3v) is 3.15. The molecule has 0 bridgehead atoms. The molecular weight excluding hydrogens is 188 g/mol. The highest BCUT2D eigenvalue weighted by Gasteiger charge is 2.12. The highest BCUT2D eigenvalue weighted by Crippen LogP contribution is 2.26. The number of allylic oxidation sites excluding steroid dienone is 1. The van der Waals surface area contributed by atoms with Crippen LogP contribution in [-0.2, 0) is 4.79 Å². The van der Waals surface area contributed by atoms with Crippen molar-refractivity contribution in [3.63, 3.8) is 0 Å². The molecule has 0 aromatic heterocycles. The molecule has 1 saturated carbocycles. The van der Waals surface area contributed by atoms with E-state index in [1.165, 1.54) is 19.3 Å². The molecule has 0 saturated heterocycles. The maximum Gasteiger partial charge on any atom is 0.0671 e. The highest BCUT2D eigenvalue weighted by atomic mass is 16.4. The van der Waals surface area contributed by atoms with Crippen LogP contribution >= 0.6 is 0 Å². The maximum absolute atomic E-state index is 10.9. The number of aliphatic carboxylic acids is 1. The molecule has 2 nitrogen and oxygen atoms in total. The van der Waals surface area contributed by atoms with E-state index in [-0.39, 0.29) is 0 Å². The summed E-state index contributed by atoms with van der Waals surface area (Å²) in [5, 5.41) is 10.9. The van der Waals surface area contributed by atoms with Crippen molar-refractivity contribution < 1.29 is 9.90 Å². The Morgan fingerprint density at radius 2 is 2.00 bits per heavy atom. The molecule has 2 heteroatoms. The first-order chi connectivity index (χ1) is 7.24. The van der Waals surface area contributed by atoms with Crippen molar-refractivity contribution >= 4 is 5.97 Å². The first-order valence-corrected chi connectivity index (χ1v) is 6.16. The van der Waals surface area contributed by atoms with Gasteiger partial charge in [-0.2, -0.15) is 0 Å². The highest BCUT2D eigenvalue weighted by molar-refractivity contribution is 5.84. The first kappa shape index (κ1) is 12.3. The van der Waals surface area contributed by atoms with Crippen molar-refractivity contribution in [3.8, 4) is 0 Å². The number of carboxylic acids is 1. The van der Waals surface area contributed by atoms with Crippen molar-refractivity contribution in [1.29, 1.82) is 0 Å². The Kier molecular flexibility index (Phi) is 5.44. The molecule has 0 unspecified atom stereocenters. The third-order valence-electron chi connectivity index (χ3n) is 3.15.